The molecule has 0 bridgehead atoms. The number of para-hydroxylation sites is 1. The largest absolute Gasteiger partial charge is 0.496 e. The van der Waals surface area contributed by atoms with E-state index in [1.165, 1.54) is 5.56 Å². The molecule has 0 aliphatic carbocycles. The Kier molecular flexibility index (Phi) is 7.22. The number of ether oxygens (including phenoxy) is 1. The summed E-state index contributed by atoms with van der Waals surface area (Å²) in [6.45, 7) is 2.83. The first-order chi connectivity index (χ1) is 12.0. The van der Waals surface area contributed by atoms with Gasteiger partial charge in [0.1, 0.15) is 5.75 Å². The van der Waals surface area contributed by atoms with Gasteiger partial charge in [0.15, 0.2) is 5.11 Å². The second-order valence-electron chi connectivity index (χ2n) is 6.11. The van der Waals surface area contributed by atoms with Crippen LogP contribution in [0.3, 0.4) is 0 Å². The third-order valence-corrected chi connectivity index (χ3v) is 4.44. The molecule has 0 aliphatic heterocycles. The fourth-order valence-electron chi connectivity index (χ4n) is 2.70. The minimum Gasteiger partial charge on any atom is -0.496 e. The highest BCUT2D eigenvalue weighted by molar-refractivity contribution is 7.80. The molecule has 0 fully saturated rings. The quantitative estimate of drug-likeness (QED) is 0.736. The van der Waals surface area contributed by atoms with Crippen molar-refractivity contribution >= 4 is 23.0 Å². The van der Waals surface area contributed by atoms with Gasteiger partial charge in [0, 0.05) is 17.8 Å². The van der Waals surface area contributed by atoms with Gasteiger partial charge in [-0.05, 0) is 56.5 Å². The van der Waals surface area contributed by atoms with Crippen LogP contribution < -0.4 is 15.4 Å². The summed E-state index contributed by atoms with van der Waals surface area (Å²) in [4.78, 5) is 2.16. The van der Waals surface area contributed by atoms with E-state index in [9.17, 15) is 0 Å². The molecule has 4 nitrogen and oxygen atoms in total. The van der Waals surface area contributed by atoms with E-state index in [0.29, 0.717) is 11.7 Å². The number of thiocarbonyl (C=S) groups is 1. The number of nitrogens with one attached hydrogen (secondary N) is 2. The Morgan fingerprint density at radius 1 is 1.12 bits per heavy atom. The fraction of sp³-hybridized carbons (Fsp3) is 0.350. The number of nitrogens with zero attached hydrogens (tertiary/aromatic N) is 1. The second kappa shape index (κ2) is 9.39. The van der Waals surface area contributed by atoms with Crippen molar-refractivity contribution in [2.24, 2.45) is 0 Å². The summed E-state index contributed by atoms with van der Waals surface area (Å²) in [6, 6.07) is 16.6. The molecule has 0 saturated heterocycles. The van der Waals surface area contributed by atoms with Gasteiger partial charge in [-0.3, -0.25) is 0 Å². The zero-order valence-electron chi connectivity index (χ0n) is 15.4. The average molecular weight is 358 g/mol. The van der Waals surface area contributed by atoms with Crippen molar-refractivity contribution in [3.8, 4) is 5.75 Å². The first-order valence-corrected chi connectivity index (χ1v) is 8.89. The molecule has 0 amide bonds. The lowest BCUT2D eigenvalue weighted by molar-refractivity contribution is 0.288. The highest BCUT2D eigenvalue weighted by atomic mass is 32.1. The zero-order chi connectivity index (χ0) is 18.2. The molecule has 2 aromatic carbocycles. The van der Waals surface area contributed by atoms with Crippen LogP contribution in [0.4, 0.5) is 5.69 Å². The van der Waals surface area contributed by atoms with Crippen LogP contribution in [-0.2, 0) is 6.42 Å². The number of hydrogen-bond donors (Lipinski definition) is 2. The van der Waals surface area contributed by atoms with Crippen LogP contribution in [0.1, 0.15) is 24.1 Å². The van der Waals surface area contributed by atoms with Gasteiger partial charge in [0.25, 0.3) is 0 Å². The molecule has 2 N–H and O–H groups in total. The molecule has 0 aromatic heterocycles. The van der Waals surface area contributed by atoms with Crippen molar-refractivity contribution in [2.75, 3.05) is 33.1 Å². The third kappa shape index (κ3) is 5.44. The first kappa shape index (κ1) is 19.2. The molecular weight excluding hydrogens is 330 g/mol. The van der Waals surface area contributed by atoms with E-state index in [-0.39, 0.29) is 6.04 Å². The van der Waals surface area contributed by atoms with Crippen molar-refractivity contribution in [1.82, 2.24) is 10.2 Å². The predicted molar refractivity (Wildman–Crippen MR) is 109 cm³/mol. The minimum atomic E-state index is 0.151. The van der Waals surface area contributed by atoms with E-state index < -0.39 is 0 Å². The van der Waals surface area contributed by atoms with E-state index in [0.717, 1.165) is 23.4 Å². The normalized spacial score (nSPS) is 11.9. The summed E-state index contributed by atoms with van der Waals surface area (Å²) < 4.78 is 5.50. The number of likely N-dealkylation sites (N-methyl/N-ethyl adjacent to an activating group) is 1. The number of hydrogen-bond acceptors (Lipinski definition) is 3. The van der Waals surface area contributed by atoms with E-state index >= 15 is 0 Å². The van der Waals surface area contributed by atoms with Crippen LogP contribution in [0.5, 0.6) is 5.75 Å². The Balaban J connectivity index is 1.99. The Bertz CT molecular complexity index is 686. The summed E-state index contributed by atoms with van der Waals surface area (Å²) in [7, 11) is 5.81. The van der Waals surface area contributed by atoms with Crippen molar-refractivity contribution in [3.05, 3.63) is 59.7 Å². The van der Waals surface area contributed by atoms with Crippen molar-refractivity contribution in [3.63, 3.8) is 0 Å². The third-order valence-electron chi connectivity index (χ3n) is 4.20. The van der Waals surface area contributed by atoms with E-state index in [1.807, 2.05) is 18.2 Å². The minimum absolute atomic E-state index is 0.151. The molecule has 2 rings (SSSR count). The van der Waals surface area contributed by atoms with E-state index in [4.69, 9.17) is 17.0 Å². The molecule has 0 aliphatic rings. The summed E-state index contributed by atoms with van der Waals surface area (Å²) in [6.07, 6.45) is 1.03. The molecule has 0 radical (unpaired) electrons. The average Bonchev–Trinajstić information content (AvgIpc) is 2.62. The fourth-order valence-corrected chi connectivity index (χ4v) is 2.90. The molecule has 5 heteroatoms. The van der Waals surface area contributed by atoms with Gasteiger partial charge in [-0.1, -0.05) is 37.3 Å². The molecule has 0 heterocycles. The molecule has 0 spiro atoms. The molecule has 1 atom stereocenters. The lowest BCUT2D eigenvalue weighted by atomic mass is 10.0. The summed E-state index contributed by atoms with van der Waals surface area (Å²) in [5, 5.41) is 7.17. The maximum absolute atomic E-state index is 5.50. The van der Waals surface area contributed by atoms with Crippen LogP contribution in [0.25, 0.3) is 0 Å². The number of aryl methyl sites for hydroxylation is 1. The Hall–Kier alpha value is -2.11. The number of methoxy groups -OCH3 is 1. The van der Waals surface area contributed by atoms with Crippen molar-refractivity contribution < 1.29 is 4.74 Å². The maximum Gasteiger partial charge on any atom is 0.170 e. The standard InChI is InChI=1S/C20H27N3OS/c1-5-15-10-12-16(13-11-15)22-20(25)21-14-18(23(2)3)17-8-6-7-9-19(17)24-4/h6-13,18H,5,14H2,1-4H3,(H2,21,22,25)/t18-/m1/s1. The topological polar surface area (TPSA) is 36.5 Å². The molecular formula is C20H27N3OS. The predicted octanol–water partition coefficient (Wildman–Crippen LogP) is 3.85. The second-order valence-corrected chi connectivity index (χ2v) is 6.52. The van der Waals surface area contributed by atoms with Gasteiger partial charge >= 0.3 is 0 Å². The smallest absolute Gasteiger partial charge is 0.170 e. The summed E-state index contributed by atoms with van der Waals surface area (Å²) >= 11 is 5.44. The number of rotatable bonds is 7. The number of anilines is 1. The van der Waals surface area contributed by atoms with Crippen molar-refractivity contribution in [2.45, 2.75) is 19.4 Å². The van der Waals surface area contributed by atoms with Crippen LogP contribution in [0.2, 0.25) is 0 Å². The van der Waals surface area contributed by atoms with Crippen LogP contribution >= 0.6 is 12.2 Å². The van der Waals surface area contributed by atoms with Gasteiger partial charge in [0.05, 0.1) is 13.2 Å². The van der Waals surface area contributed by atoms with Gasteiger partial charge in [-0.15, -0.1) is 0 Å². The van der Waals surface area contributed by atoms with Crippen LogP contribution in [0.15, 0.2) is 48.5 Å². The van der Waals surface area contributed by atoms with Gasteiger partial charge in [-0.2, -0.15) is 0 Å². The zero-order valence-corrected chi connectivity index (χ0v) is 16.2. The maximum atomic E-state index is 5.50. The summed E-state index contributed by atoms with van der Waals surface area (Å²) in [5.74, 6) is 0.886. The van der Waals surface area contributed by atoms with E-state index in [2.05, 4.69) is 66.9 Å². The Labute approximate surface area is 156 Å². The molecule has 25 heavy (non-hydrogen) atoms. The number of benzene rings is 2. The van der Waals surface area contributed by atoms with Gasteiger partial charge in [-0.25, -0.2) is 0 Å². The lowest BCUT2D eigenvalue weighted by Gasteiger charge is -2.27. The van der Waals surface area contributed by atoms with E-state index in [1.54, 1.807) is 7.11 Å². The highest BCUT2D eigenvalue weighted by Gasteiger charge is 2.18. The molecule has 2 aromatic rings. The summed E-state index contributed by atoms with van der Waals surface area (Å²) in [5.41, 5.74) is 3.44. The van der Waals surface area contributed by atoms with Crippen LogP contribution in [-0.4, -0.2) is 37.8 Å². The van der Waals surface area contributed by atoms with Crippen molar-refractivity contribution in [1.29, 1.82) is 0 Å². The van der Waals surface area contributed by atoms with Crippen LogP contribution in [0, 0.1) is 0 Å². The van der Waals surface area contributed by atoms with Gasteiger partial charge in [0.2, 0.25) is 0 Å². The van der Waals surface area contributed by atoms with Gasteiger partial charge < -0.3 is 20.3 Å². The Morgan fingerprint density at radius 3 is 2.40 bits per heavy atom. The molecule has 134 valence electrons. The lowest BCUT2D eigenvalue weighted by Crippen LogP contribution is -2.36. The first-order valence-electron chi connectivity index (χ1n) is 8.48. The molecule has 0 unspecified atom stereocenters. The highest BCUT2D eigenvalue weighted by Crippen LogP contribution is 2.27. The SMILES string of the molecule is CCc1ccc(NC(=S)NC[C@H](c2ccccc2OC)N(C)C)cc1. The molecule has 0 saturated carbocycles. The monoisotopic (exact) mass is 357 g/mol. The Morgan fingerprint density at radius 2 is 1.80 bits per heavy atom.